The van der Waals surface area contributed by atoms with Crippen LogP contribution in [-0.2, 0) is 25.5 Å². The number of nitrogens with one attached hydrogen (secondary N) is 1. The third-order valence-corrected chi connectivity index (χ3v) is 4.78. The summed E-state index contributed by atoms with van der Waals surface area (Å²) < 4.78 is 65.4. The molecule has 0 saturated heterocycles. The summed E-state index contributed by atoms with van der Waals surface area (Å²) in [6.07, 6.45) is -4.70. The van der Waals surface area contributed by atoms with E-state index >= 15 is 0 Å². The van der Waals surface area contributed by atoms with Crippen molar-refractivity contribution in [2.75, 3.05) is 11.6 Å². The van der Waals surface area contributed by atoms with Crippen LogP contribution in [0, 0.1) is 0 Å². The molecule has 2 aromatic carbocycles. The van der Waals surface area contributed by atoms with Gasteiger partial charge in [-0.1, -0.05) is 0 Å². The molecule has 10 heteroatoms. The predicted molar refractivity (Wildman–Crippen MR) is 94.5 cm³/mol. The standard InChI is InChI=1S/C18H16F3NO5S/c1-11(16(23)22-14-7-5-13(6-8-14)18(19,20)21)27-17(24)12-3-9-15(10-4-12)28(2,25)26/h3-11H,1-2H3,(H,22,23)/t11-/m0/s1. The molecular formula is C18H16F3NO5S. The molecule has 1 atom stereocenters. The number of benzene rings is 2. The molecule has 0 saturated carbocycles. The van der Waals surface area contributed by atoms with Gasteiger partial charge in [0.2, 0.25) is 0 Å². The van der Waals surface area contributed by atoms with Crippen LogP contribution in [0.25, 0.3) is 0 Å². The van der Waals surface area contributed by atoms with E-state index in [-0.39, 0.29) is 16.1 Å². The zero-order valence-electron chi connectivity index (χ0n) is 14.8. The molecule has 0 unspecified atom stereocenters. The van der Waals surface area contributed by atoms with E-state index in [4.69, 9.17) is 4.74 Å². The van der Waals surface area contributed by atoms with Crippen molar-refractivity contribution in [2.24, 2.45) is 0 Å². The van der Waals surface area contributed by atoms with Gasteiger partial charge in [-0.3, -0.25) is 4.79 Å². The molecule has 2 rings (SSSR count). The van der Waals surface area contributed by atoms with Gasteiger partial charge in [-0.05, 0) is 55.5 Å². The topological polar surface area (TPSA) is 89.5 Å². The van der Waals surface area contributed by atoms with Crippen LogP contribution >= 0.6 is 0 Å². The van der Waals surface area contributed by atoms with E-state index < -0.39 is 39.6 Å². The SMILES string of the molecule is C[C@H](OC(=O)c1ccc(S(C)(=O)=O)cc1)C(=O)Nc1ccc(C(F)(F)F)cc1. The third kappa shape index (κ3) is 5.56. The largest absolute Gasteiger partial charge is 0.449 e. The molecule has 150 valence electrons. The predicted octanol–water partition coefficient (Wildman–Crippen LogP) is 3.29. The normalized spacial score (nSPS) is 12.9. The van der Waals surface area contributed by atoms with Crippen LogP contribution in [0.2, 0.25) is 0 Å². The zero-order chi connectivity index (χ0) is 21.1. The Morgan fingerprint density at radius 1 is 1.00 bits per heavy atom. The Morgan fingerprint density at radius 3 is 2.00 bits per heavy atom. The fourth-order valence-corrected chi connectivity index (χ4v) is 2.74. The second-order valence-corrected chi connectivity index (χ2v) is 7.92. The number of amides is 1. The maximum Gasteiger partial charge on any atom is 0.416 e. The molecule has 0 fully saturated rings. The highest BCUT2D eigenvalue weighted by atomic mass is 32.2. The van der Waals surface area contributed by atoms with Gasteiger partial charge in [0, 0.05) is 11.9 Å². The highest BCUT2D eigenvalue weighted by molar-refractivity contribution is 7.90. The van der Waals surface area contributed by atoms with Gasteiger partial charge >= 0.3 is 12.1 Å². The van der Waals surface area contributed by atoms with Gasteiger partial charge in [0.05, 0.1) is 16.0 Å². The number of halogens is 3. The Labute approximate surface area is 159 Å². The number of esters is 1. The zero-order valence-corrected chi connectivity index (χ0v) is 15.6. The lowest BCUT2D eigenvalue weighted by Crippen LogP contribution is -2.30. The average Bonchev–Trinajstić information content (AvgIpc) is 2.60. The van der Waals surface area contributed by atoms with E-state index in [0.717, 1.165) is 30.5 Å². The molecule has 28 heavy (non-hydrogen) atoms. The molecule has 2 aromatic rings. The van der Waals surface area contributed by atoms with E-state index in [1.54, 1.807) is 0 Å². The van der Waals surface area contributed by atoms with Gasteiger partial charge in [-0.15, -0.1) is 0 Å². The molecule has 6 nitrogen and oxygen atoms in total. The van der Waals surface area contributed by atoms with Crippen LogP contribution in [0.15, 0.2) is 53.4 Å². The summed E-state index contributed by atoms with van der Waals surface area (Å²) in [5.41, 5.74) is -0.706. The fourth-order valence-electron chi connectivity index (χ4n) is 2.11. The molecule has 1 amide bonds. The van der Waals surface area contributed by atoms with Crippen molar-refractivity contribution in [1.29, 1.82) is 0 Å². The van der Waals surface area contributed by atoms with Gasteiger partial charge in [-0.25, -0.2) is 13.2 Å². The minimum Gasteiger partial charge on any atom is -0.449 e. The minimum atomic E-state index is -4.49. The van der Waals surface area contributed by atoms with Gasteiger partial charge in [-0.2, -0.15) is 13.2 Å². The maximum absolute atomic E-state index is 12.5. The average molecular weight is 415 g/mol. The maximum atomic E-state index is 12.5. The molecule has 0 spiro atoms. The number of anilines is 1. The van der Waals surface area contributed by atoms with E-state index in [9.17, 15) is 31.2 Å². The van der Waals surface area contributed by atoms with E-state index in [1.165, 1.54) is 31.2 Å². The molecule has 0 bridgehead atoms. The van der Waals surface area contributed by atoms with Gasteiger partial charge in [0.1, 0.15) is 0 Å². The molecule has 0 aliphatic heterocycles. The molecule has 1 N–H and O–H groups in total. The number of carbonyl (C=O) groups excluding carboxylic acids is 2. The van der Waals surface area contributed by atoms with Crippen molar-refractivity contribution in [2.45, 2.75) is 24.1 Å². The molecule has 0 heterocycles. The number of alkyl halides is 3. The Morgan fingerprint density at radius 2 is 1.54 bits per heavy atom. The van der Waals surface area contributed by atoms with Gasteiger partial charge < -0.3 is 10.1 Å². The number of hydrogen-bond donors (Lipinski definition) is 1. The molecule has 0 aromatic heterocycles. The first-order valence-electron chi connectivity index (χ1n) is 7.87. The number of rotatable bonds is 5. The highest BCUT2D eigenvalue weighted by Crippen LogP contribution is 2.29. The second kappa shape index (κ2) is 8.01. The van der Waals surface area contributed by atoms with Crippen molar-refractivity contribution in [3.05, 3.63) is 59.7 Å². The lowest BCUT2D eigenvalue weighted by molar-refractivity contribution is -0.137. The van der Waals surface area contributed by atoms with Crippen LogP contribution in [0.3, 0.4) is 0 Å². The molecule has 0 radical (unpaired) electrons. The first kappa shape index (κ1) is 21.4. The first-order valence-corrected chi connectivity index (χ1v) is 9.76. The van der Waals surface area contributed by atoms with Crippen LogP contribution in [0.5, 0.6) is 0 Å². The molecule has 0 aliphatic rings. The summed E-state index contributed by atoms with van der Waals surface area (Å²) >= 11 is 0. The van der Waals surface area contributed by atoms with E-state index in [2.05, 4.69) is 5.32 Å². The van der Waals surface area contributed by atoms with Crippen molar-refractivity contribution in [3.63, 3.8) is 0 Å². The lowest BCUT2D eigenvalue weighted by Gasteiger charge is -2.14. The Hall–Kier alpha value is -2.88. The summed E-state index contributed by atoms with van der Waals surface area (Å²) in [5, 5.41) is 2.34. The molecule has 0 aliphatic carbocycles. The van der Waals surface area contributed by atoms with Crippen LogP contribution in [-0.4, -0.2) is 32.7 Å². The van der Waals surface area contributed by atoms with Crippen molar-refractivity contribution >= 4 is 27.4 Å². The molecular weight excluding hydrogens is 399 g/mol. The Bertz CT molecular complexity index is 968. The van der Waals surface area contributed by atoms with Crippen molar-refractivity contribution in [3.8, 4) is 0 Å². The number of hydrogen-bond acceptors (Lipinski definition) is 5. The van der Waals surface area contributed by atoms with Gasteiger partial charge in [0.15, 0.2) is 15.9 Å². The quantitative estimate of drug-likeness (QED) is 0.757. The van der Waals surface area contributed by atoms with Crippen molar-refractivity contribution < 1.29 is 35.9 Å². The van der Waals surface area contributed by atoms with E-state index in [1.807, 2.05) is 0 Å². The second-order valence-electron chi connectivity index (χ2n) is 5.91. The number of carbonyl (C=O) groups is 2. The van der Waals surface area contributed by atoms with Crippen LogP contribution in [0.4, 0.5) is 18.9 Å². The van der Waals surface area contributed by atoms with Gasteiger partial charge in [0.25, 0.3) is 5.91 Å². The fraction of sp³-hybridized carbons (Fsp3) is 0.222. The van der Waals surface area contributed by atoms with E-state index in [0.29, 0.717) is 0 Å². The number of ether oxygens (including phenoxy) is 1. The highest BCUT2D eigenvalue weighted by Gasteiger charge is 2.30. The summed E-state index contributed by atoms with van der Waals surface area (Å²) in [7, 11) is -3.42. The summed E-state index contributed by atoms with van der Waals surface area (Å²) in [6.45, 7) is 1.29. The monoisotopic (exact) mass is 415 g/mol. The third-order valence-electron chi connectivity index (χ3n) is 3.65. The summed E-state index contributed by atoms with van der Waals surface area (Å²) in [6, 6.07) is 8.76. The van der Waals surface area contributed by atoms with Crippen LogP contribution < -0.4 is 5.32 Å². The smallest absolute Gasteiger partial charge is 0.416 e. The van der Waals surface area contributed by atoms with Crippen LogP contribution in [0.1, 0.15) is 22.8 Å². The Kier molecular flexibility index (Phi) is 6.13. The van der Waals surface area contributed by atoms with Crippen molar-refractivity contribution in [1.82, 2.24) is 0 Å². The number of sulfone groups is 1. The first-order chi connectivity index (χ1) is 12.9. The Balaban J connectivity index is 1.99. The minimum absolute atomic E-state index is 0.0251. The summed E-state index contributed by atoms with van der Waals surface area (Å²) in [5.74, 6) is -1.59. The summed E-state index contributed by atoms with van der Waals surface area (Å²) in [4.78, 5) is 24.1. The lowest BCUT2D eigenvalue weighted by atomic mass is 10.2.